The number of Topliss-reactive ketones (excluding diaryl/α,β-unsaturated/α-hetero) is 1. The molecule has 0 saturated carbocycles. The minimum atomic E-state index is -2.66. The zero-order valence-corrected chi connectivity index (χ0v) is 19.5. The lowest BCUT2D eigenvalue weighted by molar-refractivity contribution is 0.0987. The Balaban J connectivity index is 1.72. The molecule has 4 atom stereocenters. The van der Waals surface area contributed by atoms with Crippen molar-refractivity contribution in [3.63, 3.8) is 0 Å². The van der Waals surface area contributed by atoms with Crippen LogP contribution in [0.3, 0.4) is 0 Å². The maximum atomic E-state index is 15.1. The molecule has 2 aliphatic rings. The first-order valence-electron chi connectivity index (χ1n) is 10.3. The number of hydrogen-bond acceptors (Lipinski definition) is 7. The highest BCUT2D eigenvalue weighted by Gasteiger charge is 2.59. The fourth-order valence-electron chi connectivity index (χ4n) is 4.89. The number of ketones is 1. The van der Waals surface area contributed by atoms with Crippen molar-refractivity contribution in [2.24, 2.45) is 10.7 Å². The lowest BCUT2D eigenvalue weighted by atomic mass is 9.85. The Hall–Kier alpha value is -2.81. The molecule has 2 aliphatic heterocycles. The number of carbonyl (C=O) groups excluding carboxylic acids is 1. The molecule has 4 rings (SSSR count). The number of carbonyl (C=O) groups is 1. The van der Waals surface area contributed by atoms with Gasteiger partial charge in [0, 0.05) is 12.0 Å². The molecule has 170 valence electrons. The van der Waals surface area contributed by atoms with Crippen LogP contribution in [-0.4, -0.2) is 48.8 Å². The van der Waals surface area contributed by atoms with Gasteiger partial charge in [0.15, 0.2) is 5.78 Å². The van der Waals surface area contributed by atoms with Crippen LogP contribution in [-0.2, 0) is 21.5 Å². The third-order valence-electron chi connectivity index (χ3n) is 6.97. The van der Waals surface area contributed by atoms with Gasteiger partial charge in [0.25, 0.3) is 0 Å². The van der Waals surface area contributed by atoms with Crippen molar-refractivity contribution in [1.82, 2.24) is 9.97 Å². The molecule has 0 amide bonds. The van der Waals surface area contributed by atoms with Gasteiger partial charge < -0.3 is 10.5 Å². The van der Waals surface area contributed by atoms with Crippen molar-refractivity contribution >= 4 is 27.0 Å². The van der Waals surface area contributed by atoms with Gasteiger partial charge in [-0.15, -0.1) is 0 Å². The molecular formula is C23H27FN4O3S. The first kappa shape index (κ1) is 22.4. The van der Waals surface area contributed by atoms with E-state index >= 15 is 4.39 Å². The fraction of sp³-hybridized carbons (Fsp3) is 0.435. The summed E-state index contributed by atoms with van der Waals surface area (Å²) in [4.78, 5) is 25.9. The number of rotatable bonds is 5. The van der Waals surface area contributed by atoms with E-state index in [0.29, 0.717) is 30.0 Å². The van der Waals surface area contributed by atoms with Crippen LogP contribution in [0.5, 0.6) is 5.88 Å². The Labute approximate surface area is 187 Å². The molecule has 1 fully saturated rings. The van der Waals surface area contributed by atoms with Gasteiger partial charge in [0.1, 0.15) is 22.9 Å². The maximum absolute atomic E-state index is 15.1. The number of hydrogen-bond donors (Lipinski definition) is 1. The lowest BCUT2D eigenvalue weighted by Crippen LogP contribution is -2.55. The van der Waals surface area contributed by atoms with E-state index in [1.807, 2.05) is 6.92 Å². The Bertz CT molecular complexity index is 1260. The van der Waals surface area contributed by atoms with E-state index < -0.39 is 30.9 Å². The maximum Gasteiger partial charge on any atom is 0.232 e. The number of fused-ring (bicyclic) bond motifs is 2. The second kappa shape index (κ2) is 7.37. The number of aryl methyl sites for hydroxylation is 1. The van der Waals surface area contributed by atoms with Crippen LogP contribution < -0.4 is 10.5 Å². The number of benzene rings is 1. The molecule has 1 aromatic heterocycles. The molecule has 2 bridgehead atoms. The quantitative estimate of drug-likeness (QED) is 0.545. The number of aliphatic imine (C=N–C) groups is 1. The predicted molar refractivity (Wildman–Crippen MR) is 123 cm³/mol. The number of halogens is 1. The molecule has 1 saturated heterocycles. The van der Waals surface area contributed by atoms with Gasteiger partial charge in [-0.05, 0) is 66.7 Å². The summed E-state index contributed by atoms with van der Waals surface area (Å²) in [5.41, 5.74) is 6.68. The zero-order valence-electron chi connectivity index (χ0n) is 18.6. The summed E-state index contributed by atoms with van der Waals surface area (Å²) < 4.78 is 32.9. The number of aromatic nitrogens is 2. The normalized spacial score (nSPS) is 31.3. The number of methoxy groups -OCH3 is 1. The lowest BCUT2D eigenvalue weighted by Gasteiger charge is -2.42. The van der Waals surface area contributed by atoms with Crippen molar-refractivity contribution in [1.29, 1.82) is 0 Å². The molecular weight excluding hydrogens is 431 g/mol. The molecule has 7 nitrogen and oxygen atoms in total. The van der Waals surface area contributed by atoms with E-state index in [1.54, 1.807) is 26.0 Å². The van der Waals surface area contributed by atoms with Crippen molar-refractivity contribution < 1.29 is 18.1 Å². The van der Waals surface area contributed by atoms with E-state index in [2.05, 4.69) is 20.8 Å². The van der Waals surface area contributed by atoms with E-state index in [4.69, 9.17) is 10.5 Å². The van der Waals surface area contributed by atoms with Crippen LogP contribution in [0.15, 0.2) is 29.4 Å². The Kier molecular flexibility index (Phi) is 5.15. The highest BCUT2D eigenvalue weighted by molar-refractivity contribution is 8.03. The minimum Gasteiger partial charge on any atom is -0.480 e. The first-order valence-corrected chi connectivity index (χ1v) is 12.1. The van der Waals surface area contributed by atoms with Gasteiger partial charge in [-0.1, -0.05) is 6.07 Å². The van der Waals surface area contributed by atoms with E-state index in [1.165, 1.54) is 19.4 Å². The third kappa shape index (κ3) is 3.13. The van der Waals surface area contributed by atoms with Gasteiger partial charge >= 0.3 is 0 Å². The van der Waals surface area contributed by atoms with Crippen LogP contribution >= 0.6 is 0 Å². The Morgan fingerprint density at radius 3 is 2.78 bits per heavy atom. The van der Waals surface area contributed by atoms with Crippen LogP contribution in [0.25, 0.3) is 0 Å². The minimum absolute atomic E-state index is 0.00649. The molecule has 1 aromatic carbocycles. The average molecular weight is 459 g/mol. The zero-order chi connectivity index (χ0) is 23.5. The average Bonchev–Trinajstić information content (AvgIpc) is 2.92. The Morgan fingerprint density at radius 2 is 2.12 bits per heavy atom. The van der Waals surface area contributed by atoms with Gasteiger partial charge in [0.2, 0.25) is 5.88 Å². The van der Waals surface area contributed by atoms with E-state index in [0.717, 1.165) is 0 Å². The van der Waals surface area contributed by atoms with Crippen molar-refractivity contribution in [3.05, 3.63) is 52.7 Å². The molecule has 0 spiro atoms. The number of nitrogens with zero attached hydrogens (tertiary/aromatic N) is 3. The Morgan fingerprint density at radius 1 is 1.41 bits per heavy atom. The first-order chi connectivity index (χ1) is 14.9. The van der Waals surface area contributed by atoms with Crippen molar-refractivity contribution in [3.8, 4) is 5.88 Å². The van der Waals surface area contributed by atoms with Crippen LogP contribution in [0.4, 0.5) is 4.39 Å². The summed E-state index contributed by atoms with van der Waals surface area (Å²) in [6, 6.07) is 4.49. The highest BCUT2D eigenvalue weighted by Crippen LogP contribution is 2.51. The molecule has 0 aliphatic carbocycles. The smallest absolute Gasteiger partial charge is 0.232 e. The van der Waals surface area contributed by atoms with Crippen LogP contribution in [0.1, 0.15) is 54.0 Å². The summed E-state index contributed by atoms with van der Waals surface area (Å²) in [5.74, 6) is 3.87. The van der Waals surface area contributed by atoms with Crippen molar-refractivity contribution in [2.45, 2.75) is 55.6 Å². The largest absolute Gasteiger partial charge is 0.480 e. The van der Waals surface area contributed by atoms with Crippen LogP contribution in [0, 0.1) is 12.7 Å². The molecule has 32 heavy (non-hydrogen) atoms. The number of amidine groups is 1. The summed E-state index contributed by atoms with van der Waals surface area (Å²) in [6.07, 6.45) is 2.58. The monoisotopic (exact) mass is 458 g/mol. The number of nitrogens with two attached hydrogens (primary N) is 1. The van der Waals surface area contributed by atoms with Crippen molar-refractivity contribution in [2.75, 3.05) is 7.11 Å². The standard InChI is InChI=1S/C23H27FN4O3S/c1-13-20(26-12-19(27-13)31-4)17(29)11-14-6-7-16(24)15(10-14)23(3)18-8-9-22(2,21(25)28-23)32(18,5)30/h6-7,10,12,18H,5,8-9,11H2,1-4H3,(H2,25,28)/t18?,22-,23-,32?/m1/s1. The second-order valence-electron chi connectivity index (χ2n) is 8.89. The molecule has 2 unspecified atom stereocenters. The number of ether oxygens (including phenoxy) is 1. The van der Waals surface area contributed by atoms with Gasteiger partial charge in [-0.25, -0.2) is 14.4 Å². The van der Waals surface area contributed by atoms with Crippen LogP contribution in [0.2, 0.25) is 0 Å². The SMILES string of the molecule is C=S1(=O)C2CC[C@]1(C)C(N)=N[C@]2(C)c1cc(CC(=O)c2ncc(OC)nc2C)ccc1F. The molecule has 2 N–H and O–H groups in total. The van der Waals surface area contributed by atoms with Gasteiger partial charge in [0.05, 0.1) is 29.0 Å². The topological polar surface area (TPSA) is 108 Å². The summed E-state index contributed by atoms with van der Waals surface area (Å²) >= 11 is 0. The third-order valence-corrected chi connectivity index (χ3v) is 10.5. The summed E-state index contributed by atoms with van der Waals surface area (Å²) in [5, 5.41) is -0.442. The molecule has 9 heteroatoms. The molecule has 2 aromatic rings. The van der Waals surface area contributed by atoms with E-state index in [9.17, 15) is 9.00 Å². The highest BCUT2D eigenvalue weighted by atomic mass is 32.2. The predicted octanol–water partition coefficient (Wildman–Crippen LogP) is 2.58. The fourth-order valence-corrected chi connectivity index (χ4v) is 7.80. The van der Waals surface area contributed by atoms with Gasteiger partial charge in [-0.2, -0.15) is 0 Å². The van der Waals surface area contributed by atoms with Gasteiger partial charge in [-0.3, -0.25) is 14.0 Å². The molecule has 3 heterocycles. The second-order valence-corrected chi connectivity index (χ2v) is 11.8. The van der Waals surface area contributed by atoms with E-state index in [-0.39, 0.29) is 29.3 Å². The summed E-state index contributed by atoms with van der Waals surface area (Å²) in [7, 11) is -1.19. The molecule has 0 radical (unpaired) electrons. The summed E-state index contributed by atoms with van der Waals surface area (Å²) in [6.45, 7) is 5.26.